The van der Waals surface area contributed by atoms with Crippen LogP contribution in [-0.2, 0) is 19.6 Å². The summed E-state index contributed by atoms with van der Waals surface area (Å²) in [4.78, 5) is 12.9. The van der Waals surface area contributed by atoms with Gasteiger partial charge in [0.15, 0.2) is 0 Å². The molecule has 1 aromatic heterocycles. The summed E-state index contributed by atoms with van der Waals surface area (Å²) < 4.78 is 69.3. The molecule has 2 saturated heterocycles. The number of sulfonamides is 1. The highest BCUT2D eigenvalue weighted by molar-refractivity contribution is 7.89. The number of alkyl halides is 3. The van der Waals surface area contributed by atoms with Crippen molar-refractivity contribution in [3.05, 3.63) is 24.5 Å². The lowest BCUT2D eigenvalue weighted by molar-refractivity contribution is -0.192. The Labute approximate surface area is 166 Å². The van der Waals surface area contributed by atoms with E-state index in [2.05, 4.69) is 4.98 Å². The van der Waals surface area contributed by atoms with Crippen molar-refractivity contribution in [2.45, 2.75) is 50.6 Å². The van der Waals surface area contributed by atoms with Gasteiger partial charge in [0.05, 0.1) is 30.2 Å². The molecule has 8 nitrogen and oxygen atoms in total. The Balaban J connectivity index is 0.000000370. The van der Waals surface area contributed by atoms with Gasteiger partial charge in [-0.05, 0) is 38.3 Å². The standard InChI is InChI=1S/C15H22N2O4S.C2HF3O2/c1-2-22(18,19)17-9-7-15-14(17)6-5-13(21-15)11-20-12-4-3-8-16-10-12;3-2(4,5)1(6)7/h3-4,8,10,13-15H,2,5-7,9,11H2,1H3;(H,6,7)/t13-,14+,15+;/m1./s1. The molecule has 0 amide bonds. The van der Waals surface area contributed by atoms with Gasteiger partial charge in [0.2, 0.25) is 10.0 Å². The van der Waals surface area contributed by atoms with Gasteiger partial charge in [0.25, 0.3) is 0 Å². The Morgan fingerprint density at radius 3 is 2.62 bits per heavy atom. The second-order valence-corrected chi connectivity index (χ2v) is 8.75. The summed E-state index contributed by atoms with van der Waals surface area (Å²) in [6.45, 7) is 2.74. The number of carbonyl (C=O) groups is 1. The fourth-order valence-electron chi connectivity index (χ4n) is 3.21. The van der Waals surface area contributed by atoms with Gasteiger partial charge in [0.1, 0.15) is 12.4 Å². The molecular weight excluding hydrogens is 417 g/mol. The van der Waals surface area contributed by atoms with E-state index in [9.17, 15) is 21.6 Å². The summed E-state index contributed by atoms with van der Waals surface area (Å²) in [6, 6.07) is 3.70. The molecule has 2 aliphatic rings. The number of aromatic nitrogens is 1. The van der Waals surface area contributed by atoms with E-state index in [4.69, 9.17) is 19.4 Å². The summed E-state index contributed by atoms with van der Waals surface area (Å²) in [6.07, 6.45) is 0.741. The molecular formula is C17H23F3N2O6S. The van der Waals surface area contributed by atoms with Crippen LogP contribution in [0.1, 0.15) is 26.2 Å². The molecule has 0 radical (unpaired) electrons. The Hall–Kier alpha value is -1.92. The molecule has 164 valence electrons. The monoisotopic (exact) mass is 440 g/mol. The van der Waals surface area contributed by atoms with Crippen LogP contribution in [0.5, 0.6) is 5.75 Å². The van der Waals surface area contributed by atoms with Gasteiger partial charge in [-0.1, -0.05) is 0 Å². The molecule has 3 heterocycles. The molecule has 1 N–H and O–H groups in total. The van der Waals surface area contributed by atoms with E-state index in [-0.39, 0.29) is 24.0 Å². The maximum atomic E-state index is 12.1. The third-order valence-electron chi connectivity index (χ3n) is 4.62. The van der Waals surface area contributed by atoms with E-state index in [1.807, 2.05) is 12.1 Å². The number of pyridine rings is 1. The van der Waals surface area contributed by atoms with Crippen molar-refractivity contribution < 1.29 is 41.0 Å². The summed E-state index contributed by atoms with van der Waals surface area (Å²) in [7, 11) is -3.13. The quantitative estimate of drug-likeness (QED) is 0.747. The highest BCUT2D eigenvalue weighted by Gasteiger charge is 2.44. The van der Waals surface area contributed by atoms with Gasteiger partial charge in [-0.25, -0.2) is 13.2 Å². The number of fused-ring (bicyclic) bond motifs is 1. The Kier molecular flexibility index (Phi) is 7.83. The number of rotatable bonds is 5. The van der Waals surface area contributed by atoms with E-state index in [1.54, 1.807) is 23.6 Å². The third kappa shape index (κ3) is 6.54. The molecule has 0 aliphatic carbocycles. The minimum absolute atomic E-state index is 0.000378. The zero-order valence-electron chi connectivity index (χ0n) is 15.7. The predicted octanol–water partition coefficient (Wildman–Crippen LogP) is 2.07. The molecule has 0 aromatic carbocycles. The summed E-state index contributed by atoms with van der Waals surface area (Å²) >= 11 is 0. The summed E-state index contributed by atoms with van der Waals surface area (Å²) in [5.41, 5.74) is 0. The smallest absolute Gasteiger partial charge is 0.489 e. The average molecular weight is 440 g/mol. The number of hydrogen-bond donors (Lipinski definition) is 1. The molecule has 12 heteroatoms. The lowest BCUT2D eigenvalue weighted by Gasteiger charge is -2.35. The number of carboxylic acids is 1. The first kappa shape index (κ1) is 23.4. The number of carboxylic acid groups (broad SMARTS) is 1. The van der Waals surface area contributed by atoms with Gasteiger partial charge in [0, 0.05) is 12.7 Å². The van der Waals surface area contributed by atoms with Crippen molar-refractivity contribution in [1.82, 2.24) is 9.29 Å². The Morgan fingerprint density at radius 2 is 2.07 bits per heavy atom. The molecule has 3 atom stereocenters. The molecule has 2 fully saturated rings. The van der Waals surface area contributed by atoms with Crippen LogP contribution in [0.15, 0.2) is 24.5 Å². The van der Waals surface area contributed by atoms with E-state index < -0.39 is 22.2 Å². The van der Waals surface area contributed by atoms with E-state index in [1.165, 1.54) is 0 Å². The van der Waals surface area contributed by atoms with Crippen LogP contribution in [0.3, 0.4) is 0 Å². The van der Waals surface area contributed by atoms with Crippen molar-refractivity contribution in [1.29, 1.82) is 0 Å². The second kappa shape index (κ2) is 9.72. The maximum absolute atomic E-state index is 12.1. The minimum Gasteiger partial charge on any atom is -0.489 e. The zero-order valence-corrected chi connectivity index (χ0v) is 16.5. The van der Waals surface area contributed by atoms with Gasteiger partial charge in [-0.15, -0.1) is 0 Å². The maximum Gasteiger partial charge on any atom is 0.490 e. The Morgan fingerprint density at radius 1 is 1.38 bits per heavy atom. The van der Waals surface area contributed by atoms with Crippen LogP contribution in [0, 0.1) is 0 Å². The highest BCUT2D eigenvalue weighted by atomic mass is 32.2. The van der Waals surface area contributed by atoms with Crippen LogP contribution in [0.25, 0.3) is 0 Å². The lowest BCUT2D eigenvalue weighted by atomic mass is 10.0. The largest absolute Gasteiger partial charge is 0.490 e. The normalized spacial score (nSPS) is 24.9. The van der Waals surface area contributed by atoms with Crippen LogP contribution < -0.4 is 4.74 Å². The molecule has 0 spiro atoms. The van der Waals surface area contributed by atoms with Crippen LogP contribution in [0.4, 0.5) is 13.2 Å². The molecule has 29 heavy (non-hydrogen) atoms. The zero-order chi connectivity index (χ0) is 21.7. The third-order valence-corrected chi connectivity index (χ3v) is 6.52. The molecule has 0 saturated carbocycles. The topological polar surface area (TPSA) is 106 Å². The van der Waals surface area contributed by atoms with E-state index in [0.29, 0.717) is 13.2 Å². The number of nitrogens with zero attached hydrogens (tertiary/aromatic N) is 2. The first-order valence-corrected chi connectivity index (χ1v) is 10.6. The van der Waals surface area contributed by atoms with E-state index >= 15 is 0 Å². The molecule has 0 bridgehead atoms. The fraction of sp³-hybridized carbons (Fsp3) is 0.647. The minimum atomic E-state index is -5.08. The first-order chi connectivity index (χ1) is 13.5. The van der Waals surface area contributed by atoms with Crippen molar-refractivity contribution in [3.63, 3.8) is 0 Å². The molecule has 0 unspecified atom stereocenters. The Bertz CT molecular complexity index is 775. The van der Waals surface area contributed by atoms with Gasteiger partial charge in [-0.2, -0.15) is 17.5 Å². The van der Waals surface area contributed by atoms with Gasteiger partial charge < -0.3 is 14.6 Å². The lowest BCUT2D eigenvalue weighted by Crippen LogP contribution is -2.46. The van der Waals surface area contributed by atoms with Gasteiger partial charge in [-0.3, -0.25) is 4.98 Å². The van der Waals surface area contributed by atoms with Crippen molar-refractivity contribution >= 4 is 16.0 Å². The van der Waals surface area contributed by atoms with Crippen LogP contribution >= 0.6 is 0 Å². The van der Waals surface area contributed by atoms with Crippen molar-refractivity contribution in [2.24, 2.45) is 0 Å². The van der Waals surface area contributed by atoms with Crippen LogP contribution in [0.2, 0.25) is 0 Å². The molecule has 2 aliphatic heterocycles. The SMILES string of the molecule is CCS(=O)(=O)N1CC[C@@H]2O[C@@H](COc3cccnc3)CC[C@@H]21.O=C(O)C(F)(F)F. The van der Waals surface area contributed by atoms with Crippen molar-refractivity contribution in [3.8, 4) is 5.75 Å². The van der Waals surface area contributed by atoms with Crippen LogP contribution in [-0.4, -0.2) is 72.1 Å². The van der Waals surface area contributed by atoms with Crippen molar-refractivity contribution in [2.75, 3.05) is 18.9 Å². The number of halogens is 3. The average Bonchev–Trinajstić information content (AvgIpc) is 3.11. The number of ether oxygens (including phenoxy) is 2. The predicted molar refractivity (Wildman–Crippen MR) is 95.9 cm³/mol. The summed E-state index contributed by atoms with van der Waals surface area (Å²) in [5.74, 6) is -1.87. The number of aliphatic carboxylic acids is 1. The number of hydrogen-bond acceptors (Lipinski definition) is 6. The molecule has 3 rings (SSSR count). The van der Waals surface area contributed by atoms with Gasteiger partial charge >= 0.3 is 12.1 Å². The second-order valence-electron chi connectivity index (χ2n) is 6.54. The van der Waals surface area contributed by atoms with E-state index in [0.717, 1.165) is 25.0 Å². The molecule has 1 aromatic rings. The fourth-order valence-corrected chi connectivity index (χ4v) is 4.58. The highest BCUT2D eigenvalue weighted by Crippen LogP contribution is 2.33. The summed E-state index contributed by atoms with van der Waals surface area (Å²) in [5, 5.41) is 7.12. The first-order valence-electron chi connectivity index (χ1n) is 9.02.